The van der Waals surface area contributed by atoms with Crippen molar-refractivity contribution in [2.24, 2.45) is 0 Å². The second-order valence-electron chi connectivity index (χ2n) is 11.2. The van der Waals surface area contributed by atoms with Gasteiger partial charge in [-0.25, -0.2) is 0 Å². The smallest absolute Gasteiger partial charge is 0.143 e. The van der Waals surface area contributed by atoms with Crippen molar-refractivity contribution in [2.45, 2.75) is 0 Å². The third kappa shape index (κ3) is 4.09. The summed E-state index contributed by atoms with van der Waals surface area (Å²) in [4.78, 5) is 0. The van der Waals surface area contributed by atoms with Crippen molar-refractivity contribution >= 4 is 43.5 Å². The lowest BCUT2D eigenvalue weighted by Crippen LogP contribution is -1.92. The molecule has 45 heavy (non-hydrogen) atoms. The minimum absolute atomic E-state index is 0.112. The van der Waals surface area contributed by atoms with Crippen molar-refractivity contribution < 1.29 is 12.6 Å². The fraction of sp³-hybridized carbons (Fsp3) is 0. The second-order valence-corrected chi connectivity index (χ2v) is 11.2. The summed E-state index contributed by atoms with van der Waals surface area (Å²) in [5.74, 6) is 0. The SMILES string of the molecule is [2H]c1ccc(-c2ccc(-c3c4ccccc4c(-c4ccc(-c5c([2H])c([2H])c([2H])c([2H])c5[2H])c5oc6ccccc6c45)c4ccccc34)cc2)cc1. The molecule has 1 heteroatoms. The predicted molar refractivity (Wildman–Crippen MR) is 190 cm³/mol. The van der Waals surface area contributed by atoms with Crippen LogP contribution in [0.1, 0.15) is 8.22 Å². The summed E-state index contributed by atoms with van der Waals surface area (Å²) in [6.07, 6.45) is 0. The lowest BCUT2D eigenvalue weighted by molar-refractivity contribution is 0.670. The van der Waals surface area contributed by atoms with Gasteiger partial charge in [0.15, 0.2) is 0 Å². The highest BCUT2D eigenvalue weighted by Gasteiger charge is 2.22. The predicted octanol–water partition coefficient (Wildman–Crippen LogP) is 12.6. The van der Waals surface area contributed by atoms with Crippen LogP contribution in [0.3, 0.4) is 0 Å². The molecule has 0 bridgehead atoms. The summed E-state index contributed by atoms with van der Waals surface area (Å²) in [5.41, 5.74) is 8.00. The fourth-order valence-electron chi connectivity index (χ4n) is 6.76. The zero-order chi connectivity index (χ0) is 35.0. The molecule has 1 aromatic heterocycles. The van der Waals surface area contributed by atoms with Gasteiger partial charge in [0.2, 0.25) is 0 Å². The van der Waals surface area contributed by atoms with Gasteiger partial charge in [0.25, 0.3) is 0 Å². The first-order valence-electron chi connectivity index (χ1n) is 17.9. The van der Waals surface area contributed by atoms with Crippen LogP contribution in [0, 0.1) is 0 Å². The van der Waals surface area contributed by atoms with E-state index in [-0.39, 0.29) is 29.7 Å². The van der Waals surface area contributed by atoms with Crippen LogP contribution in [-0.4, -0.2) is 0 Å². The third-order valence-corrected chi connectivity index (χ3v) is 8.72. The van der Waals surface area contributed by atoms with E-state index >= 15 is 0 Å². The first kappa shape index (κ1) is 20.1. The summed E-state index contributed by atoms with van der Waals surface area (Å²) in [7, 11) is 0. The van der Waals surface area contributed by atoms with Crippen LogP contribution in [-0.2, 0) is 0 Å². The maximum Gasteiger partial charge on any atom is 0.143 e. The Morgan fingerprint density at radius 1 is 0.378 bits per heavy atom. The van der Waals surface area contributed by atoms with Crippen LogP contribution >= 0.6 is 0 Å². The number of fused-ring (bicyclic) bond motifs is 5. The van der Waals surface area contributed by atoms with Crippen molar-refractivity contribution in [3.63, 3.8) is 0 Å². The number of benzene rings is 8. The average Bonchev–Trinajstić information content (AvgIpc) is 3.56. The summed E-state index contributed by atoms with van der Waals surface area (Å²) in [6, 6.07) is 43.3. The average molecular weight is 579 g/mol. The summed E-state index contributed by atoms with van der Waals surface area (Å²) >= 11 is 0. The van der Waals surface area contributed by atoms with Crippen LogP contribution in [0.2, 0.25) is 0 Å². The van der Waals surface area contributed by atoms with Gasteiger partial charge in [-0.3, -0.25) is 0 Å². The van der Waals surface area contributed by atoms with Crippen molar-refractivity contribution in [1.82, 2.24) is 0 Å². The molecule has 0 N–H and O–H groups in total. The van der Waals surface area contributed by atoms with Gasteiger partial charge >= 0.3 is 0 Å². The van der Waals surface area contributed by atoms with Gasteiger partial charge < -0.3 is 4.42 Å². The quantitative estimate of drug-likeness (QED) is 0.189. The number of para-hydroxylation sites is 1. The van der Waals surface area contributed by atoms with Gasteiger partial charge in [0.05, 0.1) is 8.22 Å². The number of hydrogen-bond donors (Lipinski definition) is 0. The van der Waals surface area contributed by atoms with E-state index < -0.39 is 6.04 Å². The maximum atomic E-state index is 8.77. The molecule has 9 rings (SSSR count). The van der Waals surface area contributed by atoms with Crippen LogP contribution in [0.5, 0.6) is 0 Å². The number of hydrogen-bond acceptors (Lipinski definition) is 1. The minimum atomic E-state index is -0.429. The van der Waals surface area contributed by atoms with Gasteiger partial charge in [0.1, 0.15) is 11.2 Å². The van der Waals surface area contributed by atoms with Gasteiger partial charge in [-0.2, -0.15) is 0 Å². The van der Waals surface area contributed by atoms with Crippen LogP contribution < -0.4 is 0 Å². The lowest BCUT2D eigenvalue weighted by Gasteiger charge is -2.19. The van der Waals surface area contributed by atoms with E-state index in [0.29, 0.717) is 22.8 Å². The highest BCUT2D eigenvalue weighted by Crippen LogP contribution is 2.48. The zero-order valence-electron chi connectivity index (χ0n) is 30.1. The Bertz CT molecular complexity index is 2770. The molecular formula is C44H28O. The normalized spacial score (nSPS) is 13.4. The zero-order valence-corrected chi connectivity index (χ0v) is 24.1. The highest BCUT2D eigenvalue weighted by molar-refractivity contribution is 6.26. The van der Waals surface area contributed by atoms with Gasteiger partial charge in [-0.05, 0) is 72.6 Å². The van der Waals surface area contributed by atoms with Crippen LogP contribution in [0.4, 0.5) is 0 Å². The molecule has 210 valence electrons. The molecule has 0 saturated carbocycles. The van der Waals surface area contributed by atoms with E-state index in [2.05, 4.69) is 72.8 Å². The summed E-state index contributed by atoms with van der Waals surface area (Å²) < 4.78 is 56.8. The van der Waals surface area contributed by atoms with E-state index in [1.165, 1.54) is 0 Å². The maximum absolute atomic E-state index is 8.77. The Labute approximate surface area is 270 Å². The van der Waals surface area contributed by atoms with Crippen molar-refractivity contribution in [1.29, 1.82) is 0 Å². The van der Waals surface area contributed by atoms with E-state index in [0.717, 1.165) is 65.7 Å². The standard InChI is InChI=1S/C44H28O/c1-3-13-29(14-4-1)30-23-25-32(26-24-30)41-34-17-7-9-19-36(34)42(37-20-10-8-18-35(37)41)39-28-27-33(31-15-5-2-6-16-31)44-43(39)38-21-11-12-22-40(38)45-44/h1-28H/i1D,2D,5D,6D,15D,16D. The van der Waals surface area contributed by atoms with E-state index in [9.17, 15) is 0 Å². The molecule has 0 fully saturated rings. The van der Waals surface area contributed by atoms with E-state index in [1.54, 1.807) is 12.1 Å². The van der Waals surface area contributed by atoms with Crippen LogP contribution in [0.15, 0.2) is 174 Å². The highest BCUT2D eigenvalue weighted by atomic mass is 16.3. The molecule has 0 spiro atoms. The number of rotatable bonds is 4. The monoisotopic (exact) mass is 578 g/mol. The summed E-state index contributed by atoms with van der Waals surface area (Å²) in [5, 5.41) is 6.00. The third-order valence-electron chi connectivity index (χ3n) is 8.72. The Morgan fingerprint density at radius 2 is 0.911 bits per heavy atom. The van der Waals surface area contributed by atoms with Crippen LogP contribution in [0.25, 0.3) is 88.0 Å². The topological polar surface area (TPSA) is 13.1 Å². The molecule has 0 aliphatic carbocycles. The molecular weight excluding hydrogens is 544 g/mol. The molecule has 1 nitrogen and oxygen atoms in total. The Kier molecular flexibility index (Phi) is 4.63. The van der Waals surface area contributed by atoms with E-state index in [4.69, 9.17) is 12.6 Å². The van der Waals surface area contributed by atoms with Crippen molar-refractivity contribution in [3.05, 3.63) is 170 Å². The molecule has 0 radical (unpaired) electrons. The summed E-state index contributed by atoms with van der Waals surface area (Å²) in [6.45, 7) is 0. The molecule has 0 unspecified atom stereocenters. The molecule has 0 saturated heterocycles. The van der Waals surface area contributed by atoms with E-state index in [1.807, 2.05) is 48.5 Å². The van der Waals surface area contributed by atoms with Gasteiger partial charge in [0, 0.05) is 16.3 Å². The van der Waals surface area contributed by atoms with Crippen molar-refractivity contribution in [2.75, 3.05) is 0 Å². The molecule has 1 heterocycles. The Balaban J connectivity index is 1.35. The first-order valence-corrected chi connectivity index (χ1v) is 14.9. The Hall–Kier alpha value is -5.92. The minimum Gasteiger partial charge on any atom is -0.455 e. The van der Waals surface area contributed by atoms with Crippen molar-refractivity contribution in [3.8, 4) is 44.5 Å². The lowest BCUT2D eigenvalue weighted by atomic mass is 9.84. The molecule has 0 atom stereocenters. The molecule has 8 aromatic carbocycles. The molecule has 9 aromatic rings. The number of furan rings is 1. The Morgan fingerprint density at radius 3 is 1.58 bits per heavy atom. The fourth-order valence-corrected chi connectivity index (χ4v) is 6.76. The first-order chi connectivity index (χ1) is 24.8. The molecule has 0 aliphatic heterocycles. The molecule has 0 amide bonds. The largest absolute Gasteiger partial charge is 0.455 e. The molecule has 0 aliphatic rings. The van der Waals surface area contributed by atoms with Gasteiger partial charge in [-0.15, -0.1) is 0 Å². The van der Waals surface area contributed by atoms with Gasteiger partial charge in [-0.1, -0.05) is 158 Å². The second kappa shape index (κ2) is 10.4.